The average Bonchev–Trinajstić information content (AvgIpc) is 2.58. The number of nitriles is 1. The lowest BCUT2D eigenvalue weighted by atomic mass is 9.95. The van der Waals surface area contributed by atoms with E-state index in [2.05, 4.69) is 6.58 Å². The summed E-state index contributed by atoms with van der Waals surface area (Å²) in [7, 11) is 0. The Morgan fingerprint density at radius 2 is 2.08 bits per heavy atom. The van der Waals surface area contributed by atoms with Gasteiger partial charge in [0.1, 0.15) is 6.67 Å². The van der Waals surface area contributed by atoms with Crippen molar-refractivity contribution in [3.05, 3.63) is 48.0 Å². The zero-order valence-corrected chi connectivity index (χ0v) is 13.5. The molecule has 1 aromatic rings. The van der Waals surface area contributed by atoms with Crippen molar-refractivity contribution >= 4 is 17.5 Å². The molecule has 0 radical (unpaired) electrons. The Morgan fingerprint density at radius 1 is 1.42 bits per heavy atom. The van der Waals surface area contributed by atoms with Gasteiger partial charge in [-0.15, -0.1) is 6.58 Å². The molecule has 5 nitrogen and oxygen atoms in total. The van der Waals surface area contributed by atoms with Crippen LogP contribution in [0, 0.1) is 17.2 Å². The summed E-state index contributed by atoms with van der Waals surface area (Å²) in [6.07, 6.45) is 2.18. The van der Waals surface area contributed by atoms with Crippen molar-refractivity contribution in [2.24, 2.45) is 5.92 Å². The molecule has 6 heteroatoms. The predicted octanol–water partition coefficient (Wildman–Crippen LogP) is 3.34. The van der Waals surface area contributed by atoms with E-state index in [1.807, 2.05) is 6.07 Å². The standard InChI is InChI=1S/C9H13FO3.C9H7NO/c1-2-3-4-7(5-9(12)13)8(11)6-10;1-7(11)9-4-2-3-8(5-9)6-10/h2,7H,1,3-6H2,(H,12,13);2-5H,1H3. The third kappa shape index (κ3) is 8.59. The van der Waals surface area contributed by atoms with Gasteiger partial charge in [-0.2, -0.15) is 5.26 Å². The summed E-state index contributed by atoms with van der Waals surface area (Å²) >= 11 is 0. The second kappa shape index (κ2) is 11.7. The van der Waals surface area contributed by atoms with E-state index < -0.39 is 24.3 Å². The number of Topliss-reactive ketones (excluding diaryl/α,β-unsaturated/α-hetero) is 2. The number of carboxylic acids is 1. The van der Waals surface area contributed by atoms with Crippen LogP contribution in [0.3, 0.4) is 0 Å². The van der Waals surface area contributed by atoms with Gasteiger partial charge in [0.2, 0.25) is 0 Å². The van der Waals surface area contributed by atoms with Gasteiger partial charge in [-0.25, -0.2) is 4.39 Å². The fourth-order valence-electron chi connectivity index (χ4n) is 1.82. The molecule has 1 N–H and O–H groups in total. The Kier molecular flexibility index (Phi) is 10.3. The second-order valence-electron chi connectivity index (χ2n) is 5.01. The third-order valence-corrected chi connectivity index (χ3v) is 3.13. The number of carbonyl (C=O) groups excluding carboxylic acids is 2. The van der Waals surface area contributed by atoms with Crippen molar-refractivity contribution in [2.75, 3.05) is 6.67 Å². The van der Waals surface area contributed by atoms with Crippen LogP contribution >= 0.6 is 0 Å². The number of ketones is 2. The summed E-state index contributed by atoms with van der Waals surface area (Å²) in [6.45, 7) is 3.84. The molecule has 0 saturated carbocycles. The molecule has 0 bridgehead atoms. The zero-order valence-electron chi connectivity index (χ0n) is 13.5. The Bertz CT molecular complexity index is 634. The predicted molar refractivity (Wildman–Crippen MR) is 87.3 cm³/mol. The molecule has 1 aromatic carbocycles. The molecule has 1 rings (SSSR count). The van der Waals surface area contributed by atoms with E-state index in [1.165, 1.54) is 6.92 Å². The first-order valence-electron chi connectivity index (χ1n) is 7.28. The van der Waals surface area contributed by atoms with Crippen LogP contribution in [0.2, 0.25) is 0 Å². The summed E-state index contributed by atoms with van der Waals surface area (Å²) < 4.78 is 11.9. The monoisotopic (exact) mass is 333 g/mol. The van der Waals surface area contributed by atoms with E-state index in [9.17, 15) is 18.8 Å². The van der Waals surface area contributed by atoms with Crippen molar-refractivity contribution in [1.82, 2.24) is 0 Å². The largest absolute Gasteiger partial charge is 0.481 e. The number of halogens is 1. The van der Waals surface area contributed by atoms with Gasteiger partial charge in [-0.1, -0.05) is 18.2 Å². The molecule has 1 atom stereocenters. The first-order valence-corrected chi connectivity index (χ1v) is 7.28. The van der Waals surface area contributed by atoms with Crippen LogP contribution in [0.5, 0.6) is 0 Å². The maximum absolute atomic E-state index is 11.9. The van der Waals surface area contributed by atoms with E-state index >= 15 is 0 Å². The lowest BCUT2D eigenvalue weighted by molar-refractivity contribution is -0.140. The number of carbonyl (C=O) groups is 3. The van der Waals surface area contributed by atoms with Crippen molar-refractivity contribution in [2.45, 2.75) is 26.2 Å². The van der Waals surface area contributed by atoms with Gasteiger partial charge in [-0.3, -0.25) is 14.4 Å². The highest BCUT2D eigenvalue weighted by Gasteiger charge is 2.20. The van der Waals surface area contributed by atoms with Crippen LogP contribution in [-0.2, 0) is 9.59 Å². The summed E-state index contributed by atoms with van der Waals surface area (Å²) in [5, 5.41) is 16.9. The first-order chi connectivity index (χ1) is 11.3. The zero-order chi connectivity index (χ0) is 18.5. The van der Waals surface area contributed by atoms with Crippen LogP contribution < -0.4 is 0 Å². The Balaban J connectivity index is 0.000000446. The maximum atomic E-state index is 11.9. The van der Waals surface area contributed by atoms with Crippen LogP contribution in [0.25, 0.3) is 0 Å². The van der Waals surface area contributed by atoms with E-state index in [-0.39, 0.29) is 12.2 Å². The van der Waals surface area contributed by atoms with Gasteiger partial charge < -0.3 is 5.11 Å². The molecule has 24 heavy (non-hydrogen) atoms. The fraction of sp³-hybridized carbons (Fsp3) is 0.333. The lowest BCUT2D eigenvalue weighted by Crippen LogP contribution is -2.19. The molecule has 128 valence electrons. The number of nitrogens with zero attached hydrogens (tertiary/aromatic N) is 1. The minimum Gasteiger partial charge on any atom is -0.481 e. The molecule has 1 unspecified atom stereocenters. The number of carboxylic acid groups (broad SMARTS) is 1. The summed E-state index contributed by atoms with van der Waals surface area (Å²) in [4.78, 5) is 32.0. The number of allylic oxidation sites excluding steroid dienone is 1. The fourth-order valence-corrected chi connectivity index (χ4v) is 1.82. The highest BCUT2D eigenvalue weighted by molar-refractivity contribution is 5.94. The number of rotatable bonds is 8. The number of alkyl halides is 1. The smallest absolute Gasteiger partial charge is 0.304 e. The van der Waals surface area contributed by atoms with Gasteiger partial charge >= 0.3 is 5.97 Å². The Labute approximate surface area is 140 Å². The molecule has 0 heterocycles. The molecule has 0 fully saturated rings. The third-order valence-electron chi connectivity index (χ3n) is 3.13. The molecule has 0 aliphatic heterocycles. The summed E-state index contributed by atoms with van der Waals surface area (Å²) in [6, 6.07) is 8.63. The Hall–Kier alpha value is -2.81. The topological polar surface area (TPSA) is 95.2 Å². The molecular weight excluding hydrogens is 313 g/mol. The normalized spacial score (nSPS) is 10.5. The average molecular weight is 333 g/mol. The Morgan fingerprint density at radius 3 is 2.54 bits per heavy atom. The maximum Gasteiger partial charge on any atom is 0.304 e. The van der Waals surface area contributed by atoms with Gasteiger partial charge in [0.15, 0.2) is 11.6 Å². The van der Waals surface area contributed by atoms with Crippen molar-refractivity contribution in [3.8, 4) is 6.07 Å². The quantitative estimate of drug-likeness (QED) is 0.581. The second-order valence-corrected chi connectivity index (χ2v) is 5.01. The molecule has 0 aromatic heterocycles. The minimum atomic E-state index is -1.09. The highest BCUT2D eigenvalue weighted by atomic mass is 19.1. The molecule has 0 aliphatic rings. The van der Waals surface area contributed by atoms with Crippen molar-refractivity contribution in [1.29, 1.82) is 5.26 Å². The van der Waals surface area contributed by atoms with E-state index in [0.717, 1.165) is 0 Å². The number of hydrogen-bond acceptors (Lipinski definition) is 4. The van der Waals surface area contributed by atoms with Crippen LogP contribution in [0.15, 0.2) is 36.9 Å². The molecule has 0 aliphatic carbocycles. The van der Waals surface area contributed by atoms with Crippen LogP contribution in [-0.4, -0.2) is 29.3 Å². The molecule has 0 spiro atoms. The van der Waals surface area contributed by atoms with Gasteiger partial charge in [0, 0.05) is 11.5 Å². The SMILES string of the molecule is C=CCCC(CC(=O)O)C(=O)CF.CC(=O)c1cccc(C#N)c1. The van der Waals surface area contributed by atoms with Gasteiger partial charge in [-0.05, 0) is 31.9 Å². The number of benzene rings is 1. The van der Waals surface area contributed by atoms with E-state index in [1.54, 1.807) is 30.3 Å². The van der Waals surface area contributed by atoms with Gasteiger partial charge in [0.25, 0.3) is 0 Å². The van der Waals surface area contributed by atoms with E-state index in [4.69, 9.17) is 10.4 Å². The molecule has 0 saturated heterocycles. The van der Waals surface area contributed by atoms with Crippen LogP contribution in [0.1, 0.15) is 42.1 Å². The molecular formula is C18H20FNO4. The first kappa shape index (κ1) is 21.2. The summed E-state index contributed by atoms with van der Waals surface area (Å²) in [5.74, 6) is -2.43. The van der Waals surface area contributed by atoms with Crippen molar-refractivity contribution in [3.63, 3.8) is 0 Å². The molecule has 0 amide bonds. The minimum absolute atomic E-state index is 0.0119. The van der Waals surface area contributed by atoms with Crippen molar-refractivity contribution < 1.29 is 23.9 Å². The number of aliphatic carboxylic acids is 1. The van der Waals surface area contributed by atoms with E-state index in [0.29, 0.717) is 24.0 Å². The van der Waals surface area contributed by atoms with Gasteiger partial charge in [0.05, 0.1) is 18.1 Å². The highest BCUT2D eigenvalue weighted by Crippen LogP contribution is 2.13. The van der Waals surface area contributed by atoms with Crippen LogP contribution in [0.4, 0.5) is 4.39 Å². The number of hydrogen-bond donors (Lipinski definition) is 1. The lowest BCUT2D eigenvalue weighted by Gasteiger charge is -2.09. The summed E-state index contributed by atoms with van der Waals surface area (Å²) in [5.41, 5.74) is 1.11.